The first-order valence-electron chi connectivity index (χ1n) is 10.7. The Kier molecular flexibility index (Phi) is 7.80. The molecule has 1 saturated heterocycles. The standard InChI is InChI=1S/C23H32N8O/c1-14(2)15(9-24)8-21(26)31-22-5-4-19-20(30-22)7-16(12-28-19)17(10-25)11-27-13-18-3-6-23(32)29-18/h4-5,7-12,14,18,23-24,28-30,32H,3,6,13,25H2,1-2H3,(H2,26,31)/t18-,23?/m0/s1. The molecule has 3 aliphatic heterocycles. The summed E-state index contributed by atoms with van der Waals surface area (Å²) in [5.74, 6) is 1.12. The summed E-state index contributed by atoms with van der Waals surface area (Å²) in [6.07, 6.45) is 15.1. The highest BCUT2D eigenvalue weighted by molar-refractivity contribution is 5.97. The smallest absolute Gasteiger partial charge is 0.132 e. The molecule has 1 fully saturated rings. The number of allylic oxidation sites excluding steroid dienone is 6. The summed E-state index contributed by atoms with van der Waals surface area (Å²) in [5, 5.41) is 26.7. The molecular formula is C23H32N8O. The Morgan fingerprint density at radius 1 is 1.31 bits per heavy atom. The van der Waals surface area contributed by atoms with E-state index in [1.54, 1.807) is 12.3 Å². The molecule has 3 rings (SSSR count). The molecule has 0 aromatic heterocycles. The molecule has 3 heterocycles. The number of nitrogens with two attached hydrogens (primary N) is 2. The van der Waals surface area contributed by atoms with E-state index in [-0.39, 0.29) is 12.0 Å². The van der Waals surface area contributed by atoms with Crippen LogP contribution in [0.1, 0.15) is 26.7 Å². The van der Waals surface area contributed by atoms with E-state index in [2.05, 4.69) is 25.9 Å². The monoisotopic (exact) mass is 436 g/mol. The fourth-order valence-electron chi connectivity index (χ4n) is 3.47. The van der Waals surface area contributed by atoms with Gasteiger partial charge < -0.3 is 32.6 Å². The molecule has 32 heavy (non-hydrogen) atoms. The van der Waals surface area contributed by atoms with Crippen molar-refractivity contribution < 1.29 is 5.11 Å². The number of fused-ring (bicyclic) bond motifs is 1. The lowest BCUT2D eigenvalue weighted by Gasteiger charge is -2.23. The third kappa shape index (κ3) is 6.05. The summed E-state index contributed by atoms with van der Waals surface area (Å²) in [4.78, 5) is 8.91. The van der Waals surface area contributed by atoms with Crippen LogP contribution in [0.25, 0.3) is 0 Å². The molecule has 0 radical (unpaired) electrons. The van der Waals surface area contributed by atoms with Gasteiger partial charge in [-0.2, -0.15) is 0 Å². The lowest BCUT2D eigenvalue weighted by Crippen LogP contribution is -2.31. The van der Waals surface area contributed by atoms with Gasteiger partial charge in [-0.1, -0.05) is 13.8 Å². The fourth-order valence-corrected chi connectivity index (χ4v) is 3.47. The number of aliphatic imine (C=N–C) groups is 2. The van der Waals surface area contributed by atoms with Crippen molar-refractivity contribution in [2.45, 2.75) is 39.0 Å². The van der Waals surface area contributed by atoms with E-state index in [9.17, 15) is 5.11 Å². The van der Waals surface area contributed by atoms with Crippen molar-refractivity contribution >= 4 is 18.3 Å². The number of dihydropyridines is 2. The van der Waals surface area contributed by atoms with Crippen LogP contribution < -0.4 is 27.4 Å². The summed E-state index contributed by atoms with van der Waals surface area (Å²) in [7, 11) is 0. The summed E-state index contributed by atoms with van der Waals surface area (Å²) in [5.41, 5.74) is 16.1. The summed E-state index contributed by atoms with van der Waals surface area (Å²) in [6.45, 7) is 4.59. The average molecular weight is 437 g/mol. The van der Waals surface area contributed by atoms with Gasteiger partial charge in [-0.05, 0) is 48.6 Å². The Bertz CT molecular complexity index is 978. The zero-order valence-corrected chi connectivity index (χ0v) is 18.5. The molecule has 0 amide bonds. The van der Waals surface area contributed by atoms with Gasteiger partial charge in [0.1, 0.15) is 17.9 Å². The van der Waals surface area contributed by atoms with E-state index >= 15 is 0 Å². The number of nitrogens with zero attached hydrogens (tertiary/aromatic N) is 2. The van der Waals surface area contributed by atoms with Gasteiger partial charge in [0.05, 0.1) is 17.9 Å². The number of aliphatic hydroxyl groups excluding tert-OH is 1. The number of amidine groups is 1. The number of aliphatic hydroxyl groups is 1. The zero-order chi connectivity index (χ0) is 23.1. The number of nitrogens with one attached hydrogen (secondary N) is 4. The summed E-state index contributed by atoms with van der Waals surface area (Å²) in [6, 6.07) is 0.181. The highest BCUT2D eigenvalue weighted by Crippen LogP contribution is 2.22. The molecule has 0 saturated carbocycles. The second-order valence-electron chi connectivity index (χ2n) is 8.11. The summed E-state index contributed by atoms with van der Waals surface area (Å²) < 4.78 is 0. The van der Waals surface area contributed by atoms with Crippen molar-refractivity contribution in [3.05, 3.63) is 70.6 Å². The SMILES string of the molecule is CC(C)C(C=N)=CC(N)=NC1=CC=C2NC=C(C(C=NC[C@@H]3CCC(O)N3)=CN)C=C2N1. The maximum Gasteiger partial charge on any atom is 0.132 e. The minimum Gasteiger partial charge on any atom is -0.404 e. The Labute approximate surface area is 188 Å². The van der Waals surface area contributed by atoms with E-state index in [1.807, 2.05) is 38.3 Å². The minimum absolute atomic E-state index is 0.181. The fraction of sp³-hybridized carbons (Fsp3) is 0.348. The van der Waals surface area contributed by atoms with Crippen LogP contribution in [-0.4, -0.2) is 42.2 Å². The Morgan fingerprint density at radius 2 is 2.12 bits per heavy atom. The third-order valence-corrected chi connectivity index (χ3v) is 5.33. The Morgan fingerprint density at radius 3 is 2.78 bits per heavy atom. The molecule has 9 N–H and O–H groups in total. The average Bonchev–Trinajstić information content (AvgIpc) is 3.19. The quantitative estimate of drug-likeness (QED) is 0.224. The van der Waals surface area contributed by atoms with Crippen molar-refractivity contribution in [1.82, 2.24) is 16.0 Å². The highest BCUT2D eigenvalue weighted by atomic mass is 16.3. The largest absolute Gasteiger partial charge is 0.404 e. The van der Waals surface area contributed by atoms with Crippen LogP contribution in [0, 0.1) is 11.3 Å². The first-order chi connectivity index (χ1) is 15.4. The van der Waals surface area contributed by atoms with Crippen LogP contribution in [0.3, 0.4) is 0 Å². The van der Waals surface area contributed by atoms with Crippen molar-refractivity contribution in [2.24, 2.45) is 27.4 Å². The third-order valence-electron chi connectivity index (χ3n) is 5.33. The van der Waals surface area contributed by atoms with Crippen LogP contribution in [0.15, 0.2) is 80.6 Å². The topological polar surface area (TPSA) is 157 Å². The van der Waals surface area contributed by atoms with E-state index in [0.717, 1.165) is 41.0 Å². The zero-order valence-electron chi connectivity index (χ0n) is 18.5. The molecule has 0 aromatic carbocycles. The van der Waals surface area contributed by atoms with Gasteiger partial charge in [0.25, 0.3) is 0 Å². The lowest BCUT2D eigenvalue weighted by molar-refractivity contribution is 0.155. The normalized spacial score (nSPS) is 24.3. The van der Waals surface area contributed by atoms with Crippen molar-refractivity contribution in [3.8, 4) is 0 Å². The Hall–Kier alpha value is -3.43. The van der Waals surface area contributed by atoms with Crippen LogP contribution in [0.4, 0.5) is 0 Å². The molecule has 0 aliphatic carbocycles. The maximum absolute atomic E-state index is 9.56. The van der Waals surface area contributed by atoms with Gasteiger partial charge in [-0.3, -0.25) is 10.3 Å². The van der Waals surface area contributed by atoms with E-state index in [0.29, 0.717) is 18.2 Å². The van der Waals surface area contributed by atoms with Crippen molar-refractivity contribution in [3.63, 3.8) is 0 Å². The molecule has 9 nitrogen and oxygen atoms in total. The van der Waals surface area contributed by atoms with Gasteiger partial charge >= 0.3 is 0 Å². The Balaban J connectivity index is 1.68. The van der Waals surface area contributed by atoms with Crippen LogP contribution in [0.2, 0.25) is 0 Å². The highest BCUT2D eigenvalue weighted by Gasteiger charge is 2.21. The lowest BCUT2D eigenvalue weighted by atomic mass is 10.0. The van der Waals surface area contributed by atoms with E-state index < -0.39 is 6.23 Å². The van der Waals surface area contributed by atoms with Crippen molar-refractivity contribution in [1.29, 1.82) is 5.41 Å². The molecule has 1 unspecified atom stereocenters. The van der Waals surface area contributed by atoms with E-state index in [4.69, 9.17) is 16.9 Å². The number of hydrogen-bond donors (Lipinski definition) is 7. The first kappa shape index (κ1) is 23.2. The molecule has 0 bridgehead atoms. The predicted octanol–water partition coefficient (Wildman–Crippen LogP) is 1.26. The number of rotatable bonds is 8. The van der Waals surface area contributed by atoms with Crippen molar-refractivity contribution in [2.75, 3.05) is 6.54 Å². The van der Waals surface area contributed by atoms with Gasteiger partial charge in [-0.25, -0.2) is 4.99 Å². The molecule has 9 heteroatoms. The first-order valence-corrected chi connectivity index (χ1v) is 10.7. The van der Waals surface area contributed by atoms with Gasteiger partial charge in [0.15, 0.2) is 0 Å². The molecule has 0 spiro atoms. The molecule has 170 valence electrons. The van der Waals surface area contributed by atoms with Crippen LogP contribution in [0.5, 0.6) is 0 Å². The summed E-state index contributed by atoms with van der Waals surface area (Å²) >= 11 is 0. The predicted molar refractivity (Wildman–Crippen MR) is 130 cm³/mol. The molecular weight excluding hydrogens is 404 g/mol. The second kappa shape index (κ2) is 10.7. The molecule has 2 atom stereocenters. The van der Waals surface area contributed by atoms with Crippen LogP contribution >= 0.6 is 0 Å². The van der Waals surface area contributed by atoms with Gasteiger partial charge in [-0.15, -0.1) is 0 Å². The number of hydrogen-bond acceptors (Lipinski definition) is 8. The molecule has 0 aromatic rings. The van der Waals surface area contributed by atoms with Gasteiger partial charge in [0.2, 0.25) is 0 Å². The van der Waals surface area contributed by atoms with E-state index in [1.165, 1.54) is 12.4 Å². The van der Waals surface area contributed by atoms with Crippen LogP contribution in [-0.2, 0) is 0 Å². The maximum atomic E-state index is 9.56. The molecule has 3 aliphatic rings. The second-order valence-corrected chi connectivity index (χ2v) is 8.11. The van der Waals surface area contributed by atoms with Gasteiger partial charge in [0, 0.05) is 42.0 Å². The minimum atomic E-state index is -0.436.